The number of likely N-dealkylation sites (tertiary alicyclic amines) is 1. The Labute approximate surface area is 205 Å². The number of nitrogens with zero attached hydrogens (tertiary/aromatic N) is 2. The normalized spacial score (nSPS) is 17.5. The number of thiophene rings is 1. The Balaban J connectivity index is 1.30. The summed E-state index contributed by atoms with van der Waals surface area (Å²) in [5.41, 5.74) is 1.20. The maximum absolute atomic E-state index is 14.8. The molecule has 0 spiro atoms. The zero-order valence-corrected chi connectivity index (χ0v) is 20.1. The van der Waals surface area contributed by atoms with Crippen LogP contribution in [0.5, 0.6) is 11.5 Å². The molecule has 1 saturated heterocycles. The Kier molecular flexibility index (Phi) is 6.51. The Morgan fingerprint density at radius 3 is 2.71 bits per heavy atom. The minimum atomic E-state index is -0.548. The molecule has 0 radical (unpaired) electrons. The van der Waals surface area contributed by atoms with Crippen molar-refractivity contribution in [3.63, 3.8) is 0 Å². The zero-order valence-electron chi connectivity index (χ0n) is 19.3. The summed E-state index contributed by atoms with van der Waals surface area (Å²) < 4.78 is 26.5. The van der Waals surface area contributed by atoms with Gasteiger partial charge in [-0.1, -0.05) is 6.07 Å². The second-order valence-electron chi connectivity index (χ2n) is 9.14. The smallest absolute Gasteiger partial charge is 0.302 e. The SMILES string of the molecule is CC(=O)O[C@@H]1CCN(C(=O)c2cc3nccc(Oc4ccc(CC(=O)CC5CC5)cc4F)c3s2)C1. The average molecular weight is 497 g/mol. The highest BCUT2D eigenvalue weighted by Crippen LogP contribution is 2.37. The lowest BCUT2D eigenvalue weighted by Gasteiger charge is -2.15. The van der Waals surface area contributed by atoms with Crippen LogP contribution in [0.2, 0.25) is 0 Å². The lowest BCUT2D eigenvalue weighted by atomic mass is 10.0. The van der Waals surface area contributed by atoms with E-state index in [1.54, 1.807) is 29.3 Å². The summed E-state index contributed by atoms with van der Waals surface area (Å²) in [7, 11) is 0. The van der Waals surface area contributed by atoms with Crippen LogP contribution >= 0.6 is 11.3 Å². The number of Topliss-reactive ketones (excluding diaryl/α,β-unsaturated/α-hetero) is 1. The largest absolute Gasteiger partial charge is 0.461 e. The number of pyridine rings is 1. The Hall–Kier alpha value is -3.33. The Morgan fingerprint density at radius 2 is 1.97 bits per heavy atom. The van der Waals surface area contributed by atoms with Crippen LogP contribution < -0.4 is 4.74 Å². The molecule has 182 valence electrons. The summed E-state index contributed by atoms with van der Waals surface area (Å²) in [5.74, 6) is 0.00261. The number of hydrogen-bond donors (Lipinski definition) is 0. The van der Waals surface area contributed by atoms with Crippen LogP contribution in [0.4, 0.5) is 4.39 Å². The fourth-order valence-corrected chi connectivity index (χ4v) is 5.33. The van der Waals surface area contributed by atoms with E-state index >= 15 is 0 Å². The number of carbonyl (C=O) groups is 3. The van der Waals surface area contributed by atoms with Crippen LogP contribution in [0.25, 0.3) is 10.2 Å². The van der Waals surface area contributed by atoms with E-state index in [1.807, 2.05) is 0 Å². The third-order valence-electron chi connectivity index (χ3n) is 6.18. The Morgan fingerprint density at radius 1 is 1.14 bits per heavy atom. The first-order valence-electron chi connectivity index (χ1n) is 11.7. The minimum Gasteiger partial charge on any atom is -0.461 e. The lowest BCUT2D eigenvalue weighted by molar-refractivity contribution is -0.145. The summed E-state index contributed by atoms with van der Waals surface area (Å²) in [5, 5.41) is 0. The number of hydrogen-bond acceptors (Lipinski definition) is 7. The second kappa shape index (κ2) is 9.73. The molecule has 1 aromatic carbocycles. The molecule has 0 bridgehead atoms. The van der Waals surface area contributed by atoms with Gasteiger partial charge in [-0.2, -0.15) is 0 Å². The molecule has 1 aliphatic carbocycles. The van der Waals surface area contributed by atoms with E-state index in [-0.39, 0.29) is 35.9 Å². The van der Waals surface area contributed by atoms with Crippen molar-refractivity contribution in [2.45, 2.75) is 45.1 Å². The standard InChI is InChI=1S/C26H25FN2O5S/c1-15(30)33-19-7-9-29(14-19)26(32)24-13-21-25(35-24)23(6-8-28-21)34-22-5-4-17(12-20(22)27)11-18(31)10-16-2-3-16/h4-6,8,12-13,16,19H,2-3,7,9-11,14H2,1H3/t19-/m1/s1. The maximum Gasteiger partial charge on any atom is 0.302 e. The molecule has 3 aromatic rings. The number of ether oxygens (including phenoxy) is 2. The van der Waals surface area contributed by atoms with Crippen molar-refractivity contribution in [3.05, 3.63) is 52.8 Å². The van der Waals surface area contributed by atoms with E-state index in [0.29, 0.717) is 58.3 Å². The van der Waals surface area contributed by atoms with E-state index in [9.17, 15) is 18.8 Å². The van der Waals surface area contributed by atoms with Crippen LogP contribution in [0.15, 0.2) is 36.5 Å². The molecule has 1 aliphatic heterocycles. The summed E-state index contributed by atoms with van der Waals surface area (Å²) in [6, 6.07) is 7.90. The molecule has 1 amide bonds. The molecule has 0 unspecified atom stereocenters. The van der Waals surface area contributed by atoms with Gasteiger partial charge in [0.05, 0.1) is 21.6 Å². The van der Waals surface area contributed by atoms with Crippen LogP contribution in [0, 0.1) is 11.7 Å². The molecule has 5 rings (SSSR count). The molecule has 7 nitrogen and oxygen atoms in total. The van der Waals surface area contributed by atoms with Gasteiger partial charge in [-0.05, 0) is 42.5 Å². The molecule has 1 saturated carbocycles. The molecular weight excluding hydrogens is 471 g/mol. The molecule has 35 heavy (non-hydrogen) atoms. The van der Waals surface area contributed by atoms with Crippen LogP contribution in [0.3, 0.4) is 0 Å². The molecule has 2 aliphatic rings. The van der Waals surface area contributed by atoms with Gasteiger partial charge in [-0.15, -0.1) is 11.3 Å². The number of halogens is 1. The van der Waals surface area contributed by atoms with Crippen molar-refractivity contribution in [1.29, 1.82) is 0 Å². The summed E-state index contributed by atoms with van der Waals surface area (Å²) in [4.78, 5) is 42.8. The predicted molar refractivity (Wildman–Crippen MR) is 128 cm³/mol. The van der Waals surface area contributed by atoms with Crippen LogP contribution in [0.1, 0.15) is 47.8 Å². The van der Waals surface area contributed by atoms with Crippen molar-refractivity contribution >= 4 is 39.2 Å². The first kappa shape index (κ1) is 23.4. The van der Waals surface area contributed by atoms with Crippen molar-refractivity contribution in [1.82, 2.24) is 9.88 Å². The van der Waals surface area contributed by atoms with Gasteiger partial charge in [-0.3, -0.25) is 19.4 Å². The fraction of sp³-hybridized carbons (Fsp3) is 0.385. The summed E-state index contributed by atoms with van der Waals surface area (Å²) >= 11 is 1.23. The first-order valence-corrected chi connectivity index (χ1v) is 12.5. The van der Waals surface area contributed by atoms with Gasteiger partial charge in [0.15, 0.2) is 11.6 Å². The molecular formula is C26H25FN2O5S. The van der Waals surface area contributed by atoms with Gasteiger partial charge in [0.25, 0.3) is 5.91 Å². The monoisotopic (exact) mass is 496 g/mol. The highest BCUT2D eigenvalue weighted by Gasteiger charge is 2.30. The highest BCUT2D eigenvalue weighted by molar-refractivity contribution is 7.21. The van der Waals surface area contributed by atoms with Gasteiger partial charge in [0.2, 0.25) is 0 Å². The highest BCUT2D eigenvalue weighted by atomic mass is 32.1. The number of amides is 1. The summed E-state index contributed by atoms with van der Waals surface area (Å²) in [6.07, 6.45) is 4.86. The van der Waals surface area contributed by atoms with E-state index in [0.717, 1.165) is 12.8 Å². The van der Waals surface area contributed by atoms with Crippen molar-refractivity contribution in [3.8, 4) is 11.5 Å². The van der Waals surface area contributed by atoms with Gasteiger partial charge < -0.3 is 14.4 Å². The number of aromatic nitrogens is 1. The van der Waals surface area contributed by atoms with E-state index < -0.39 is 5.82 Å². The van der Waals surface area contributed by atoms with Gasteiger partial charge in [0, 0.05) is 45.0 Å². The van der Waals surface area contributed by atoms with Crippen LogP contribution in [-0.4, -0.2) is 46.7 Å². The summed E-state index contributed by atoms with van der Waals surface area (Å²) in [6.45, 7) is 2.21. The van der Waals surface area contributed by atoms with E-state index in [4.69, 9.17) is 9.47 Å². The zero-order chi connectivity index (χ0) is 24.5. The molecule has 2 fully saturated rings. The molecule has 3 heterocycles. The molecule has 2 aromatic heterocycles. The average Bonchev–Trinajstić information content (AvgIpc) is 3.31. The van der Waals surface area contributed by atoms with Crippen molar-refractivity contribution in [2.75, 3.05) is 13.1 Å². The molecule has 1 atom stereocenters. The number of esters is 1. The van der Waals surface area contributed by atoms with Gasteiger partial charge in [0.1, 0.15) is 17.6 Å². The van der Waals surface area contributed by atoms with Gasteiger partial charge >= 0.3 is 5.97 Å². The van der Waals surface area contributed by atoms with Crippen LogP contribution in [-0.2, 0) is 20.7 Å². The third kappa shape index (κ3) is 5.51. The molecule has 9 heteroatoms. The predicted octanol–water partition coefficient (Wildman–Crippen LogP) is 4.92. The second-order valence-corrected chi connectivity index (χ2v) is 10.2. The number of ketones is 1. The third-order valence-corrected chi connectivity index (χ3v) is 7.31. The number of rotatable bonds is 8. The molecule has 0 N–H and O–H groups in total. The van der Waals surface area contributed by atoms with Crippen molar-refractivity contribution in [2.24, 2.45) is 5.92 Å². The number of benzene rings is 1. The first-order chi connectivity index (χ1) is 16.9. The number of carbonyl (C=O) groups excluding carboxylic acids is 3. The minimum absolute atomic E-state index is 0.0425. The number of fused-ring (bicyclic) bond motifs is 1. The van der Waals surface area contributed by atoms with Crippen molar-refractivity contribution < 1.29 is 28.2 Å². The Bertz CT molecular complexity index is 1300. The van der Waals surface area contributed by atoms with E-state index in [1.165, 1.54) is 30.4 Å². The topological polar surface area (TPSA) is 85.8 Å². The fourth-order valence-electron chi connectivity index (χ4n) is 4.30. The van der Waals surface area contributed by atoms with E-state index in [2.05, 4.69) is 4.98 Å². The quantitative estimate of drug-likeness (QED) is 0.412. The van der Waals surface area contributed by atoms with Gasteiger partial charge in [-0.25, -0.2) is 4.39 Å². The lowest BCUT2D eigenvalue weighted by Crippen LogP contribution is -2.30. The maximum atomic E-state index is 14.8.